The van der Waals surface area contributed by atoms with Gasteiger partial charge in [0.25, 0.3) is 5.91 Å². The Morgan fingerprint density at radius 1 is 1.35 bits per heavy atom. The van der Waals surface area contributed by atoms with E-state index in [2.05, 4.69) is 13.8 Å². The molecule has 0 saturated heterocycles. The first-order valence-corrected chi connectivity index (χ1v) is 5.95. The standard InChI is InChI=1S/C14H21NO2/c1-6-17-13-9-11(10(2)3)7-8-12(13)14(16)15(4)5/h7-10H,6H2,1-5H3. The molecule has 0 unspecified atom stereocenters. The zero-order valence-corrected chi connectivity index (χ0v) is 11.3. The van der Waals surface area contributed by atoms with Gasteiger partial charge in [-0.1, -0.05) is 19.9 Å². The quantitative estimate of drug-likeness (QED) is 0.803. The van der Waals surface area contributed by atoms with E-state index in [1.165, 1.54) is 5.56 Å². The summed E-state index contributed by atoms with van der Waals surface area (Å²) in [6.45, 7) is 6.73. The summed E-state index contributed by atoms with van der Waals surface area (Å²) in [4.78, 5) is 13.5. The van der Waals surface area contributed by atoms with Crippen molar-refractivity contribution in [2.24, 2.45) is 0 Å². The molecule has 0 spiro atoms. The van der Waals surface area contributed by atoms with Gasteiger partial charge in [-0.15, -0.1) is 0 Å². The number of amides is 1. The number of nitrogens with zero attached hydrogens (tertiary/aromatic N) is 1. The van der Waals surface area contributed by atoms with E-state index in [-0.39, 0.29) is 5.91 Å². The van der Waals surface area contributed by atoms with E-state index in [9.17, 15) is 4.79 Å². The van der Waals surface area contributed by atoms with E-state index >= 15 is 0 Å². The van der Waals surface area contributed by atoms with Crippen LogP contribution in [0.25, 0.3) is 0 Å². The fourth-order valence-electron chi connectivity index (χ4n) is 1.59. The van der Waals surface area contributed by atoms with E-state index in [4.69, 9.17) is 4.74 Å². The monoisotopic (exact) mass is 235 g/mol. The fourth-order valence-corrected chi connectivity index (χ4v) is 1.59. The van der Waals surface area contributed by atoms with Crippen molar-refractivity contribution >= 4 is 5.91 Å². The molecule has 0 bridgehead atoms. The summed E-state index contributed by atoms with van der Waals surface area (Å²) in [6.07, 6.45) is 0. The Bertz CT molecular complexity index is 397. The summed E-state index contributed by atoms with van der Waals surface area (Å²) in [5.74, 6) is 1.08. The van der Waals surface area contributed by atoms with Gasteiger partial charge in [0.1, 0.15) is 5.75 Å². The van der Waals surface area contributed by atoms with Crippen molar-refractivity contribution in [1.82, 2.24) is 4.90 Å². The van der Waals surface area contributed by atoms with Crippen molar-refractivity contribution in [3.8, 4) is 5.75 Å². The maximum Gasteiger partial charge on any atom is 0.257 e. The summed E-state index contributed by atoms with van der Waals surface area (Å²) in [7, 11) is 3.49. The van der Waals surface area contributed by atoms with Gasteiger partial charge in [-0.2, -0.15) is 0 Å². The lowest BCUT2D eigenvalue weighted by Crippen LogP contribution is -2.22. The molecule has 0 aromatic heterocycles. The molecule has 0 atom stereocenters. The Balaban J connectivity index is 3.17. The largest absolute Gasteiger partial charge is 0.493 e. The van der Waals surface area contributed by atoms with Gasteiger partial charge in [-0.05, 0) is 30.5 Å². The zero-order chi connectivity index (χ0) is 13.0. The van der Waals surface area contributed by atoms with Crippen LogP contribution in [0, 0.1) is 0 Å². The average molecular weight is 235 g/mol. The SMILES string of the molecule is CCOc1cc(C(C)C)ccc1C(=O)N(C)C. The molecule has 94 valence electrons. The Kier molecular flexibility index (Phi) is 4.55. The normalized spacial score (nSPS) is 10.5. The predicted octanol–water partition coefficient (Wildman–Crippen LogP) is 2.91. The minimum Gasteiger partial charge on any atom is -0.493 e. The van der Waals surface area contributed by atoms with Crippen LogP contribution in [0.4, 0.5) is 0 Å². The number of carbonyl (C=O) groups excluding carboxylic acids is 1. The van der Waals surface area contributed by atoms with Crippen LogP contribution in [0.2, 0.25) is 0 Å². The lowest BCUT2D eigenvalue weighted by molar-refractivity contribution is 0.0823. The highest BCUT2D eigenvalue weighted by molar-refractivity contribution is 5.96. The predicted molar refractivity (Wildman–Crippen MR) is 69.7 cm³/mol. The van der Waals surface area contributed by atoms with Crippen LogP contribution in [0.1, 0.15) is 42.6 Å². The molecule has 0 N–H and O–H groups in total. The first kappa shape index (κ1) is 13.6. The number of benzene rings is 1. The minimum absolute atomic E-state index is 0.0243. The van der Waals surface area contributed by atoms with Crippen LogP contribution in [-0.4, -0.2) is 31.5 Å². The minimum atomic E-state index is -0.0243. The number of hydrogen-bond acceptors (Lipinski definition) is 2. The van der Waals surface area contributed by atoms with Crippen LogP contribution < -0.4 is 4.74 Å². The Morgan fingerprint density at radius 2 is 2.00 bits per heavy atom. The van der Waals surface area contributed by atoms with Crippen LogP contribution >= 0.6 is 0 Å². The van der Waals surface area contributed by atoms with Crippen molar-refractivity contribution in [3.05, 3.63) is 29.3 Å². The van der Waals surface area contributed by atoms with Crippen molar-refractivity contribution < 1.29 is 9.53 Å². The molecule has 0 radical (unpaired) electrons. The van der Waals surface area contributed by atoms with Gasteiger partial charge in [0.15, 0.2) is 0 Å². The van der Waals surface area contributed by atoms with E-state index in [0.29, 0.717) is 23.8 Å². The number of carbonyl (C=O) groups is 1. The van der Waals surface area contributed by atoms with E-state index in [0.717, 1.165) is 0 Å². The maximum absolute atomic E-state index is 12.0. The second kappa shape index (κ2) is 5.71. The summed E-state index contributed by atoms with van der Waals surface area (Å²) in [5, 5.41) is 0. The molecular formula is C14H21NO2. The molecule has 1 rings (SSSR count). The molecule has 0 aliphatic carbocycles. The fraction of sp³-hybridized carbons (Fsp3) is 0.500. The second-order valence-electron chi connectivity index (χ2n) is 4.54. The lowest BCUT2D eigenvalue weighted by Gasteiger charge is -2.16. The highest BCUT2D eigenvalue weighted by Gasteiger charge is 2.15. The molecular weight excluding hydrogens is 214 g/mol. The van der Waals surface area contributed by atoms with Gasteiger partial charge in [-0.3, -0.25) is 4.79 Å². The molecule has 0 aliphatic heterocycles. The molecule has 1 aromatic rings. The summed E-state index contributed by atoms with van der Waals surface area (Å²) >= 11 is 0. The Hall–Kier alpha value is -1.51. The van der Waals surface area contributed by atoms with Gasteiger partial charge in [0.2, 0.25) is 0 Å². The van der Waals surface area contributed by atoms with E-state index in [1.807, 2.05) is 25.1 Å². The average Bonchev–Trinajstić information content (AvgIpc) is 2.28. The molecule has 17 heavy (non-hydrogen) atoms. The first-order chi connectivity index (χ1) is 7.97. The van der Waals surface area contributed by atoms with Crippen molar-refractivity contribution in [3.63, 3.8) is 0 Å². The number of ether oxygens (including phenoxy) is 1. The zero-order valence-electron chi connectivity index (χ0n) is 11.3. The van der Waals surface area contributed by atoms with Gasteiger partial charge >= 0.3 is 0 Å². The smallest absolute Gasteiger partial charge is 0.257 e. The van der Waals surface area contributed by atoms with Crippen LogP contribution in [0.15, 0.2) is 18.2 Å². The topological polar surface area (TPSA) is 29.5 Å². The lowest BCUT2D eigenvalue weighted by atomic mass is 10.0. The van der Waals surface area contributed by atoms with E-state index < -0.39 is 0 Å². The molecule has 0 saturated carbocycles. The molecule has 3 heteroatoms. The van der Waals surface area contributed by atoms with Gasteiger partial charge in [0.05, 0.1) is 12.2 Å². The highest BCUT2D eigenvalue weighted by Crippen LogP contribution is 2.25. The van der Waals surface area contributed by atoms with Crippen LogP contribution in [-0.2, 0) is 0 Å². The summed E-state index contributed by atoms with van der Waals surface area (Å²) in [6, 6.07) is 5.80. The van der Waals surface area contributed by atoms with Gasteiger partial charge < -0.3 is 9.64 Å². The van der Waals surface area contributed by atoms with Crippen molar-refractivity contribution in [2.45, 2.75) is 26.7 Å². The highest BCUT2D eigenvalue weighted by atomic mass is 16.5. The molecule has 1 aromatic carbocycles. The third-order valence-corrected chi connectivity index (χ3v) is 2.61. The third-order valence-electron chi connectivity index (χ3n) is 2.61. The molecule has 0 fully saturated rings. The summed E-state index contributed by atoms with van der Waals surface area (Å²) < 4.78 is 5.55. The van der Waals surface area contributed by atoms with Gasteiger partial charge in [0, 0.05) is 14.1 Å². The van der Waals surface area contributed by atoms with Crippen molar-refractivity contribution in [2.75, 3.05) is 20.7 Å². The summed E-state index contributed by atoms with van der Waals surface area (Å²) in [5.41, 5.74) is 1.81. The molecule has 0 aliphatic rings. The van der Waals surface area contributed by atoms with Gasteiger partial charge in [-0.25, -0.2) is 0 Å². The van der Waals surface area contributed by atoms with Crippen LogP contribution in [0.5, 0.6) is 5.75 Å². The maximum atomic E-state index is 12.0. The second-order valence-corrected chi connectivity index (χ2v) is 4.54. The molecule has 0 heterocycles. The van der Waals surface area contributed by atoms with Crippen molar-refractivity contribution in [1.29, 1.82) is 0 Å². The molecule has 1 amide bonds. The van der Waals surface area contributed by atoms with Crippen LogP contribution in [0.3, 0.4) is 0 Å². The number of rotatable bonds is 4. The first-order valence-electron chi connectivity index (χ1n) is 5.95. The Labute approximate surface area is 103 Å². The third kappa shape index (κ3) is 3.22. The molecule has 3 nitrogen and oxygen atoms in total. The van der Waals surface area contributed by atoms with E-state index in [1.54, 1.807) is 19.0 Å². The Morgan fingerprint density at radius 3 is 2.47 bits per heavy atom. The number of hydrogen-bond donors (Lipinski definition) is 0.